The van der Waals surface area contributed by atoms with Crippen LogP contribution in [0.1, 0.15) is 56.1 Å². The Hall–Kier alpha value is -5.05. The number of hydrogen-bond acceptors (Lipinski definition) is 7. The Balaban J connectivity index is 1.16. The first kappa shape index (κ1) is 33.3. The van der Waals surface area contributed by atoms with Gasteiger partial charge in [0.25, 0.3) is 0 Å². The lowest BCUT2D eigenvalue weighted by molar-refractivity contribution is -0.138. The largest absolute Gasteiger partial charge is 0.494 e. The second-order valence-electron chi connectivity index (χ2n) is 11.5. The normalized spacial score (nSPS) is 12.0. The molecule has 1 aromatic heterocycles. The van der Waals surface area contributed by atoms with Gasteiger partial charge in [-0.25, -0.2) is 0 Å². The first-order valence-electron chi connectivity index (χ1n) is 16.2. The number of aliphatic carboxylic acids is 2. The summed E-state index contributed by atoms with van der Waals surface area (Å²) in [5.41, 5.74) is 6.13. The van der Waals surface area contributed by atoms with E-state index >= 15 is 0 Å². The summed E-state index contributed by atoms with van der Waals surface area (Å²) >= 11 is 0. The number of pyridine rings is 1. The quantitative estimate of drug-likeness (QED) is 0.106. The van der Waals surface area contributed by atoms with E-state index in [0.717, 1.165) is 82.7 Å². The average molecular weight is 640 g/mol. The van der Waals surface area contributed by atoms with Crippen LogP contribution in [0.15, 0.2) is 79.1 Å². The van der Waals surface area contributed by atoms with Crippen molar-refractivity contribution in [2.45, 2.75) is 57.8 Å². The lowest BCUT2D eigenvalue weighted by Crippen LogP contribution is -2.15. The zero-order valence-corrected chi connectivity index (χ0v) is 26.5. The molecule has 9 nitrogen and oxygen atoms in total. The second-order valence-corrected chi connectivity index (χ2v) is 11.5. The first-order valence-corrected chi connectivity index (χ1v) is 16.2. The van der Waals surface area contributed by atoms with Crippen molar-refractivity contribution < 1.29 is 38.7 Å². The summed E-state index contributed by atoms with van der Waals surface area (Å²) in [7, 11) is 0. The third-order valence-corrected chi connectivity index (χ3v) is 8.02. The molecule has 0 spiro atoms. The van der Waals surface area contributed by atoms with Crippen molar-refractivity contribution in [3.63, 3.8) is 0 Å². The molecule has 0 unspecified atom stereocenters. The molecule has 3 aromatic carbocycles. The molecule has 2 heterocycles. The summed E-state index contributed by atoms with van der Waals surface area (Å²) in [5, 5.41) is 18.2. The van der Waals surface area contributed by atoms with E-state index in [0.29, 0.717) is 38.4 Å². The average Bonchev–Trinajstić information content (AvgIpc) is 3.09. The Morgan fingerprint density at radius 1 is 0.660 bits per heavy atom. The number of benzene rings is 3. The Labute approximate surface area is 275 Å². The van der Waals surface area contributed by atoms with Crippen LogP contribution in [0.5, 0.6) is 23.0 Å². The molecular formula is C38H41NO8. The molecule has 246 valence electrons. The molecule has 0 amide bonds. The van der Waals surface area contributed by atoms with Crippen LogP contribution in [0, 0.1) is 0 Å². The highest BCUT2D eigenvalue weighted by atomic mass is 16.6. The fourth-order valence-corrected chi connectivity index (χ4v) is 5.65. The topological polar surface area (TPSA) is 124 Å². The molecule has 47 heavy (non-hydrogen) atoms. The van der Waals surface area contributed by atoms with Crippen LogP contribution in [0.2, 0.25) is 0 Å². The van der Waals surface area contributed by atoms with E-state index in [1.54, 1.807) is 12.4 Å². The molecule has 2 N–H and O–H groups in total. The molecular weight excluding hydrogens is 598 g/mol. The maximum absolute atomic E-state index is 11.3. The standard InChI is InChI=1S/C38H41NO8/c40-37(41)10-6-20-45-34-9-5-8-28(33(34)12-14-38(42)43)7-3-1-2-4-19-44-32-24-30(27-15-17-39-18-16-27)23-31(25-32)29-11-13-35-36(26-29)47-22-21-46-35/h5,8-9,11,13,15-18,23-26H,1-4,6-7,10,12,14,19-22H2,(H,40,41)(H,42,43). The number of aromatic nitrogens is 1. The van der Waals surface area contributed by atoms with Crippen molar-refractivity contribution in [1.82, 2.24) is 4.98 Å². The van der Waals surface area contributed by atoms with Crippen LogP contribution in [0.3, 0.4) is 0 Å². The number of unbranched alkanes of at least 4 members (excludes halogenated alkanes) is 3. The van der Waals surface area contributed by atoms with Crippen molar-refractivity contribution in [2.24, 2.45) is 0 Å². The van der Waals surface area contributed by atoms with Gasteiger partial charge in [0.1, 0.15) is 24.7 Å². The van der Waals surface area contributed by atoms with Gasteiger partial charge >= 0.3 is 11.9 Å². The minimum atomic E-state index is -0.862. The summed E-state index contributed by atoms with van der Waals surface area (Å²) in [6.07, 6.45) is 9.05. The highest BCUT2D eigenvalue weighted by molar-refractivity contribution is 5.76. The number of carbonyl (C=O) groups is 2. The molecule has 0 atom stereocenters. The van der Waals surface area contributed by atoms with Crippen LogP contribution in [-0.4, -0.2) is 53.6 Å². The Bertz CT molecular complexity index is 1640. The molecule has 0 radical (unpaired) electrons. The SMILES string of the molecule is O=C(O)CCCOc1cccc(CCCCCCOc2cc(-c3ccncc3)cc(-c3ccc4c(c3)OCCO4)c2)c1CCC(=O)O. The van der Waals surface area contributed by atoms with E-state index in [1.807, 2.05) is 48.5 Å². The van der Waals surface area contributed by atoms with Crippen molar-refractivity contribution in [3.8, 4) is 45.3 Å². The smallest absolute Gasteiger partial charge is 0.303 e. The third-order valence-electron chi connectivity index (χ3n) is 8.02. The van der Waals surface area contributed by atoms with Gasteiger partial charge < -0.3 is 29.2 Å². The van der Waals surface area contributed by atoms with Crippen molar-refractivity contribution >= 4 is 11.9 Å². The Kier molecular flexibility index (Phi) is 12.1. The van der Waals surface area contributed by atoms with Crippen LogP contribution < -0.4 is 18.9 Å². The molecule has 4 aromatic rings. The number of aryl methyl sites for hydroxylation is 1. The van der Waals surface area contributed by atoms with E-state index in [9.17, 15) is 14.7 Å². The Morgan fingerprint density at radius 3 is 2.17 bits per heavy atom. The van der Waals surface area contributed by atoms with Crippen molar-refractivity contribution in [3.05, 3.63) is 90.3 Å². The van der Waals surface area contributed by atoms with Gasteiger partial charge in [0.2, 0.25) is 0 Å². The van der Waals surface area contributed by atoms with Gasteiger partial charge in [-0.1, -0.05) is 31.0 Å². The molecule has 9 heteroatoms. The predicted octanol–water partition coefficient (Wildman–Crippen LogP) is 7.63. The summed E-state index contributed by atoms with van der Waals surface area (Å²) in [6, 6.07) is 22.0. The number of nitrogens with zero attached hydrogens (tertiary/aromatic N) is 1. The highest BCUT2D eigenvalue weighted by Crippen LogP contribution is 2.37. The van der Waals surface area contributed by atoms with Gasteiger partial charge in [-0.15, -0.1) is 0 Å². The van der Waals surface area contributed by atoms with Crippen molar-refractivity contribution in [1.29, 1.82) is 0 Å². The van der Waals surface area contributed by atoms with Gasteiger partial charge in [0, 0.05) is 25.2 Å². The lowest BCUT2D eigenvalue weighted by atomic mass is 9.97. The fourth-order valence-electron chi connectivity index (χ4n) is 5.65. The number of carboxylic acids is 2. The monoisotopic (exact) mass is 639 g/mol. The van der Waals surface area contributed by atoms with E-state index in [2.05, 4.69) is 23.2 Å². The van der Waals surface area contributed by atoms with Gasteiger partial charge in [0.15, 0.2) is 11.5 Å². The number of ether oxygens (including phenoxy) is 4. The minimum Gasteiger partial charge on any atom is -0.494 e. The van der Waals surface area contributed by atoms with Crippen LogP contribution in [0.4, 0.5) is 0 Å². The van der Waals surface area contributed by atoms with Gasteiger partial charge in [-0.05, 0) is 114 Å². The number of rotatable bonds is 18. The van der Waals surface area contributed by atoms with Crippen LogP contribution in [-0.2, 0) is 22.4 Å². The van der Waals surface area contributed by atoms with E-state index in [4.69, 9.17) is 24.1 Å². The van der Waals surface area contributed by atoms with Gasteiger partial charge in [-0.2, -0.15) is 0 Å². The highest BCUT2D eigenvalue weighted by Gasteiger charge is 2.15. The lowest BCUT2D eigenvalue weighted by Gasteiger charge is -2.19. The predicted molar refractivity (Wildman–Crippen MR) is 179 cm³/mol. The van der Waals surface area contributed by atoms with E-state index in [1.165, 1.54) is 0 Å². The Morgan fingerprint density at radius 2 is 1.38 bits per heavy atom. The molecule has 1 aliphatic heterocycles. The summed E-state index contributed by atoms with van der Waals surface area (Å²) in [4.78, 5) is 26.3. The zero-order chi connectivity index (χ0) is 32.8. The fraction of sp³-hybridized carbons (Fsp3) is 0.342. The zero-order valence-electron chi connectivity index (χ0n) is 26.5. The number of hydrogen-bond donors (Lipinski definition) is 2. The summed E-state index contributed by atoms with van der Waals surface area (Å²) in [5.74, 6) is 1.22. The summed E-state index contributed by atoms with van der Waals surface area (Å²) < 4.78 is 23.7. The van der Waals surface area contributed by atoms with Gasteiger partial charge in [0.05, 0.1) is 13.2 Å². The molecule has 0 aliphatic carbocycles. The van der Waals surface area contributed by atoms with Crippen LogP contribution in [0.25, 0.3) is 22.3 Å². The molecule has 5 rings (SSSR count). The minimum absolute atomic E-state index is 0.0125. The second kappa shape index (κ2) is 17.0. The molecule has 0 saturated carbocycles. The van der Waals surface area contributed by atoms with Gasteiger partial charge in [-0.3, -0.25) is 14.6 Å². The summed E-state index contributed by atoms with van der Waals surface area (Å²) in [6.45, 7) is 1.95. The van der Waals surface area contributed by atoms with Crippen molar-refractivity contribution in [2.75, 3.05) is 26.4 Å². The number of carboxylic acid groups (broad SMARTS) is 2. The maximum Gasteiger partial charge on any atom is 0.303 e. The molecule has 0 saturated heterocycles. The van der Waals surface area contributed by atoms with E-state index < -0.39 is 11.9 Å². The van der Waals surface area contributed by atoms with Crippen LogP contribution >= 0.6 is 0 Å². The number of fused-ring (bicyclic) bond motifs is 1. The molecule has 1 aliphatic rings. The molecule has 0 bridgehead atoms. The maximum atomic E-state index is 11.3. The third kappa shape index (κ3) is 9.97. The molecule has 0 fully saturated rings. The first-order chi connectivity index (χ1) is 23.0. The van der Waals surface area contributed by atoms with E-state index in [-0.39, 0.29) is 19.4 Å².